The van der Waals surface area contributed by atoms with Gasteiger partial charge in [-0.1, -0.05) is 41.1 Å². The summed E-state index contributed by atoms with van der Waals surface area (Å²) < 4.78 is 7.87. The summed E-state index contributed by atoms with van der Waals surface area (Å²) in [5, 5.41) is 0.521. The zero-order valence-corrected chi connectivity index (χ0v) is 22.8. The van der Waals surface area contributed by atoms with Gasteiger partial charge in [0.15, 0.2) is 12.4 Å². The number of rotatable bonds is 7. The highest BCUT2D eigenvalue weighted by Gasteiger charge is 2.28. The van der Waals surface area contributed by atoms with Crippen LogP contribution in [-0.2, 0) is 11.2 Å². The highest BCUT2D eigenvalue weighted by molar-refractivity contribution is 9.10. The van der Waals surface area contributed by atoms with Crippen molar-refractivity contribution in [1.29, 1.82) is 0 Å². The summed E-state index contributed by atoms with van der Waals surface area (Å²) in [5.74, 6) is 0.0507. The fourth-order valence-corrected chi connectivity index (χ4v) is 5.90. The number of ketones is 1. The quantitative estimate of drug-likeness (QED) is 0.204. The van der Waals surface area contributed by atoms with E-state index in [1.165, 1.54) is 27.1 Å². The standard InChI is InChI=1S/C28H24BrN3O4S/c1-4-12-31-20-13-18(8-11-21(20)36-14-23(31)33)26(34)16(3)32-15-30-27-25(28(32)35)24(22(5-2)37-27)17-6-9-19(29)10-7-17/h4,6-11,13,15-16H,1,5,12,14H2,2-3H3. The van der Waals surface area contributed by atoms with Crippen LogP contribution in [0.3, 0.4) is 0 Å². The molecule has 0 fully saturated rings. The SMILES string of the molecule is C=CCN1C(=O)COc2ccc(C(=O)C(C)n3cnc4sc(CC)c(-c5ccc(Br)cc5)c4c3=O)cc21. The fraction of sp³-hybridized carbons (Fsp3) is 0.214. The van der Waals surface area contributed by atoms with Crippen LogP contribution in [0.1, 0.15) is 35.1 Å². The lowest BCUT2D eigenvalue weighted by Gasteiger charge is -2.29. The van der Waals surface area contributed by atoms with Crippen molar-refractivity contribution in [2.75, 3.05) is 18.1 Å². The predicted molar refractivity (Wildman–Crippen MR) is 150 cm³/mol. The Morgan fingerprint density at radius 1 is 1.24 bits per heavy atom. The molecule has 37 heavy (non-hydrogen) atoms. The summed E-state index contributed by atoms with van der Waals surface area (Å²) >= 11 is 4.97. The number of hydrogen-bond donors (Lipinski definition) is 0. The first-order valence-electron chi connectivity index (χ1n) is 11.8. The van der Waals surface area contributed by atoms with Crippen LogP contribution in [0.2, 0.25) is 0 Å². The van der Waals surface area contributed by atoms with Crippen LogP contribution in [0.5, 0.6) is 5.75 Å². The van der Waals surface area contributed by atoms with Gasteiger partial charge in [-0.15, -0.1) is 17.9 Å². The highest BCUT2D eigenvalue weighted by atomic mass is 79.9. The Labute approximate surface area is 226 Å². The molecule has 0 aliphatic carbocycles. The summed E-state index contributed by atoms with van der Waals surface area (Å²) in [4.78, 5) is 47.5. The second-order valence-electron chi connectivity index (χ2n) is 8.70. The van der Waals surface area contributed by atoms with Crippen molar-refractivity contribution in [3.05, 3.63) is 86.7 Å². The van der Waals surface area contributed by atoms with Gasteiger partial charge in [0.25, 0.3) is 11.5 Å². The molecule has 5 rings (SSSR count). The molecule has 1 aliphatic heterocycles. The molecule has 7 nitrogen and oxygen atoms in total. The molecule has 1 aliphatic rings. The first kappa shape index (κ1) is 25.1. The largest absolute Gasteiger partial charge is 0.482 e. The highest BCUT2D eigenvalue weighted by Crippen LogP contribution is 2.37. The van der Waals surface area contributed by atoms with Crippen molar-refractivity contribution < 1.29 is 14.3 Å². The molecular formula is C28H24BrN3O4S. The summed E-state index contributed by atoms with van der Waals surface area (Å²) in [6.07, 6.45) is 3.83. The van der Waals surface area contributed by atoms with E-state index >= 15 is 0 Å². The van der Waals surface area contributed by atoms with Gasteiger partial charge in [0, 0.05) is 27.0 Å². The molecule has 9 heteroatoms. The number of hydrogen-bond acceptors (Lipinski definition) is 6. The van der Waals surface area contributed by atoms with E-state index in [1.54, 1.807) is 31.2 Å². The van der Waals surface area contributed by atoms with E-state index in [4.69, 9.17) is 4.74 Å². The topological polar surface area (TPSA) is 81.5 Å². The number of aryl methyl sites for hydroxylation is 1. The molecule has 2 aromatic heterocycles. The van der Waals surface area contributed by atoms with Gasteiger partial charge in [0.05, 0.1) is 23.4 Å². The predicted octanol–water partition coefficient (Wildman–Crippen LogP) is 5.81. The third-order valence-corrected chi connectivity index (χ3v) is 8.23. The van der Waals surface area contributed by atoms with Crippen LogP contribution < -0.4 is 15.2 Å². The van der Waals surface area contributed by atoms with E-state index in [0.717, 1.165) is 26.9 Å². The maximum absolute atomic E-state index is 13.8. The van der Waals surface area contributed by atoms with Crippen molar-refractivity contribution in [2.45, 2.75) is 26.3 Å². The van der Waals surface area contributed by atoms with Crippen LogP contribution in [0, 0.1) is 0 Å². The smallest absolute Gasteiger partial charge is 0.265 e. The molecule has 0 bridgehead atoms. The number of aromatic nitrogens is 2. The van der Waals surface area contributed by atoms with Gasteiger partial charge in [-0.25, -0.2) is 4.98 Å². The molecule has 1 unspecified atom stereocenters. The number of ether oxygens (including phenoxy) is 1. The average molecular weight is 578 g/mol. The van der Waals surface area contributed by atoms with Crippen molar-refractivity contribution in [2.24, 2.45) is 0 Å². The first-order chi connectivity index (χ1) is 17.8. The monoisotopic (exact) mass is 577 g/mol. The summed E-state index contributed by atoms with van der Waals surface area (Å²) in [6, 6.07) is 12.0. The second kappa shape index (κ2) is 10.1. The molecule has 0 saturated heterocycles. The molecule has 0 saturated carbocycles. The Morgan fingerprint density at radius 3 is 2.70 bits per heavy atom. The van der Waals surface area contributed by atoms with Crippen molar-refractivity contribution >= 4 is 54.9 Å². The Hall–Kier alpha value is -3.56. The van der Waals surface area contributed by atoms with Gasteiger partial charge in [-0.3, -0.25) is 19.0 Å². The molecule has 3 heterocycles. The Morgan fingerprint density at radius 2 is 2.00 bits per heavy atom. The summed E-state index contributed by atoms with van der Waals surface area (Å²) in [6.45, 7) is 7.70. The third-order valence-electron chi connectivity index (χ3n) is 6.46. The lowest BCUT2D eigenvalue weighted by Crippen LogP contribution is -2.39. The minimum absolute atomic E-state index is 0.0628. The zero-order valence-electron chi connectivity index (χ0n) is 20.4. The first-order valence-corrected chi connectivity index (χ1v) is 13.5. The summed E-state index contributed by atoms with van der Waals surface area (Å²) in [7, 11) is 0. The zero-order chi connectivity index (χ0) is 26.3. The number of thiophene rings is 1. The van der Waals surface area contributed by atoms with E-state index in [1.807, 2.05) is 24.3 Å². The van der Waals surface area contributed by atoms with Crippen LogP contribution in [0.15, 0.2) is 70.7 Å². The van der Waals surface area contributed by atoms with Gasteiger partial charge in [-0.2, -0.15) is 0 Å². The number of carbonyl (C=O) groups excluding carboxylic acids is 2. The number of nitrogens with zero attached hydrogens (tertiary/aromatic N) is 3. The number of carbonyl (C=O) groups is 2. The summed E-state index contributed by atoms with van der Waals surface area (Å²) in [5.41, 5.74) is 2.43. The van der Waals surface area contributed by atoms with Gasteiger partial charge in [0.2, 0.25) is 0 Å². The van der Waals surface area contributed by atoms with E-state index < -0.39 is 6.04 Å². The maximum atomic E-state index is 13.8. The number of amides is 1. The van der Waals surface area contributed by atoms with E-state index in [9.17, 15) is 14.4 Å². The molecule has 1 atom stereocenters. The maximum Gasteiger partial charge on any atom is 0.265 e. The Bertz CT molecular complexity index is 1610. The average Bonchev–Trinajstić information content (AvgIpc) is 3.29. The fourth-order valence-electron chi connectivity index (χ4n) is 4.55. The van der Waals surface area contributed by atoms with E-state index in [0.29, 0.717) is 33.8 Å². The number of fused-ring (bicyclic) bond motifs is 2. The molecule has 188 valence electrons. The molecule has 4 aromatic rings. The van der Waals surface area contributed by atoms with Crippen LogP contribution in [-0.4, -0.2) is 34.4 Å². The van der Waals surface area contributed by atoms with Gasteiger partial charge in [-0.05, 0) is 49.2 Å². The lowest BCUT2D eigenvalue weighted by molar-refractivity contribution is -0.121. The number of halogens is 1. The lowest BCUT2D eigenvalue weighted by atomic mass is 10.0. The van der Waals surface area contributed by atoms with Crippen molar-refractivity contribution in [3.63, 3.8) is 0 Å². The number of anilines is 1. The molecule has 0 N–H and O–H groups in total. The van der Waals surface area contributed by atoms with Crippen LogP contribution in [0.25, 0.3) is 21.3 Å². The molecular weight excluding hydrogens is 554 g/mol. The Kier molecular flexibility index (Phi) is 6.83. The number of Topliss-reactive ketones (excluding diaryl/α,β-unsaturated/α-hetero) is 1. The molecule has 2 aromatic carbocycles. The number of benzene rings is 2. The van der Waals surface area contributed by atoms with E-state index in [2.05, 4.69) is 34.4 Å². The third kappa shape index (κ3) is 4.42. The van der Waals surface area contributed by atoms with Crippen molar-refractivity contribution in [3.8, 4) is 16.9 Å². The van der Waals surface area contributed by atoms with Gasteiger partial charge < -0.3 is 9.64 Å². The normalized spacial score (nSPS) is 13.8. The van der Waals surface area contributed by atoms with Crippen LogP contribution >= 0.6 is 27.3 Å². The van der Waals surface area contributed by atoms with Gasteiger partial charge in [0.1, 0.15) is 10.6 Å². The second-order valence-corrected chi connectivity index (χ2v) is 10.7. The van der Waals surface area contributed by atoms with Gasteiger partial charge >= 0.3 is 0 Å². The molecule has 0 spiro atoms. The van der Waals surface area contributed by atoms with Crippen molar-refractivity contribution in [1.82, 2.24) is 9.55 Å². The molecule has 1 amide bonds. The molecule has 0 radical (unpaired) electrons. The minimum Gasteiger partial charge on any atom is -0.482 e. The van der Waals surface area contributed by atoms with Crippen LogP contribution in [0.4, 0.5) is 5.69 Å². The van der Waals surface area contributed by atoms with E-state index in [-0.39, 0.29) is 23.9 Å². The minimum atomic E-state index is -0.807. The Balaban J connectivity index is 1.57.